The number of Topliss-reactive ketones (excluding diaryl/α,β-unsaturated/α-hetero) is 1. The van der Waals surface area contributed by atoms with Gasteiger partial charge in [0.2, 0.25) is 5.78 Å². The monoisotopic (exact) mass is 222 g/mol. The van der Waals surface area contributed by atoms with Gasteiger partial charge in [-0.3, -0.25) is 9.59 Å². The maximum atomic E-state index is 11.1. The molecule has 0 aliphatic heterocycles. The third-order valence-corrected chi connectivity index (χ3v) is 3.11. The van der Waals surface area contributed by atoms with Gasteiger partial charge in [-0.1, -0.05) is 13.8 Å². The normalized spacial score (nSPS) is 10.4. The molecule has 80 valence electrons. The predicted octanol–water partition coefficient (Wildman–Crippen LogP) is 2.88. The second-order valence-electron chi connectivity index (χ2n) is 3.63. The van der Waals surface area contributed by atoms with Gasteiger partial charge in [0, 0.05) is 15.7 Å². The zero-order chi connectivity index (χ0) is 11.4. The lowest BCUT2D eigenvalue weighted by Crippen LogP contribution is -2.00. The quantitative estimate of drug-likeness (QED) is 0.340. The molecule has 1 aromatic carbocycles. The van der Waals surface area contributed by atoms with Crippen molar-refractivity contribution >= 4 is 23.8 Å². The second kappa shape index (κ2) is 5.12. The topological polar surface area (TPSA) is 34.1 Å². The lowest BCUT2D eigenvalue weighted by Gasteiger charge is -2.08. The molecular weight excluding hydrogens is 208 g/mol. The van der Waals surface area contributed by atoms with E-state index < -0.39 is 5.78 Å². The first-order chi connectivity index (χ1) is 7.04. The Morgan fingerprint density at radius 2 is 2.07 bits per heavy atom. The van der Waals surface area contributed by atoms with E-state index in [-0.39, 0.29) is 0 Å². The molecule has 0 aliphatic carbocycles. The molecule has 1 aromatic rings. The molecule has 0 atom stereocenters. The van der Waals surface area contributed by atoms with Gasteiger partial charge in [0.05, 0.1) is 0 Å². The standard InChI is InChI=1S/C12H14O2S/c1-8(2)15-12-5-4-10(6-9(12)3)11(14)7-13/h4-8H,1-3H3. The number of benzene rings is 1. The Morgan fingerprint density at radius 3 is 2.53 bits per heavy atom. The summed E-state index contributed by atoms with van der Waals surface area (Å²) in [4.78, 5) is 22.6. The number of carbonyl (C=O) groups excluding carboxylic acids is 2. The van der Waals surface area contributed by atoms with Gasteiger partial charge in [0.25, 0.3) is 0 Å². The molecule has 0 fully saturated rings. The van der Waals surface area contributed by atoms with Gasteiger partial charge in [-0.05, 0) is 30.7 Å². The van der Waals surface area contributed by atoms with Crippen LogP contribution in [0.5, 0.6) is 0 Å². The minimum atomic E-state index is -0.459. The first-order valence-corrected chi connectivity index (χ1v) is 5.69. The van der Waals surface area contributed by atoms with Gasteiger partial charge in [-0.25, -0.2) is 0 Å². The first-order valence-electron chi connectivity index (χ1n) is 4.81. The van der Waals surface area contributed by atoms with Crippen molar-refractivity contribution in [3.63, 3.8) is 0 Å². The number of hydrogen-bond donors (Lipinski definition) is 0. The molecule has 0 saturated heterocycles. The van der Waals surface area contributed by atoms with Crippen LogP contribution >= 0.6 is 11.8 Å². The molecule has 3 heteroatoms. The van der Waals surface area contributed by atoms with Crippen LogP contribution in [0.1, 0.15) is 29.8 Å². The highest BCUT2D eigenvalue weighted by Crippen LogP contribution is 2.26. The largest absolute Gasteiger partial charge is 0.294 e. The third-order valence-electron chi connectivity index (χ3n) is 1.93. The smallest absolute Gasteiger partial charge is 0.225 e. The predicted molar refractivity (Wildman–Crippen MR) is 62.6 cm³/mol. The summed E-state index contributed by atoms with van der Waals surface area (Å²) in [6, 6.07) is 5.37. The SMILES string of the molecule is Cc1cc(C(=O)C=O)ccc1SC(C)C. The summed E-state index contributed by atoms with van der Waals surface area (Å²) in [6.07, 6.45) is 0.351. The second-order valence-corrected chi connectivity index (χ2v) is 5.25. The van der Waals surface area contributed by atoms with Crippen LogP contribution in [-0.4, -0.2) is 17.3 Å². The molecule has 0 amide bonds. The minimum absolute atomic E-state index is 0.351. The van der Waals surface area contributed by atoms with Gasteiger partial charge >= 0.3 is 0 Å². The number of aryl methyl sites for hydroxylation is 1. The molecule has 2 nitrogen and oxygen atoms in total. The summed E-state index contributed by atoms with van der Waals surface area (Å²) >= 11 is 1.75. The van der Waals surface area contributed by atoms with Crippen LogP contribution in [0.3, 0.4) is 0 Å². The number of hydrogen-bond acceptors (Lipinski definition) is 3. The first kappa shape index (κ1) is 12.0. The Labute approximate surface area is 94.1 Å². The van der Waals surface area contributed by atoms with Crippen LogP contribution in [0, 0.1) is 6.92 Å². The molecule has 0 saturated carbocycles. The van der Waals surface area contributed by atoms with Crippen molar-refractivity contribution in [1.29, 1.82) is 0 Å². The van der Waals surface area contributed by atoms with E-state index in [1.807, 2.05) is 13.0 Å². The van der Waals surface area contributed by atoms with E-state index in [0.29, 0.717) is 17.1 Å². The third kappa shape index (κ3) is 3.20. The summed E-state index contributed by atoms with van der Waals surface area (Å²) in [5.74, 6) is -0.459. The molecule has 0 radical (unpaired) electrons. The van der Waals surface area contributed by atoms with E-state index in [4.69, 9.17) is 0 Å². The molecule has 0 spiro atoms. The van der Waals surface area contributed by atoms with E-state index in [9.17, 15) is 9.59 Å². The number of carbonyl (C=O) groups is 2. The molecular formula is C12H14O2S. The van der Waals surface area contributed by atoms with Crippen LogP contribution in [-0.2, 0) is 4.79 Å². The van der Waals surface area contributed by atoms with Crippen LogP contribution in [0.25, 0.3) is 0 Å². The summed E-state index contributed by atoms with van der Waals surface area (Å²) in [5.41, 5.74) is 1.51. The summed E-state index contributed by atoms with van der Waals surface area (Å²) in [6.45, 7) is 6.19. The molecule has 0 bridgehead atoms. The fourth-order valence-corrected chi connectivity index (χ4v) is 2.16. The highest BCUT2D eigenvalue weighted by Gasteiger charge is 2.07. The van der Waals surface area contributed by atoms with Crippen molar-refractivity contribution in [2.45, 2.75) is 30.9 Å². The molecule has 15 heavy (non-hydrogen) atoms. The fourth-order valence-electron chi connectivity index (χ4n) is 1.26. The molecule has 0 unspecified atom stereocenters. The Bertz CT molecular complexity index is 383. The minimum Gasteiger partial charge on any atom is -0.294 e. The average molecular weight is 222 g/mol. The van der Waals surface area contributed by atoms with Crippen molar-refractivity contribution in [1.82, 2.24) is 0 Å². The molecule has 0 heterocycles. The zero-order valence-corrected chi connectivity index (χ0v) is 9.93. The number of thioether (sulfide) groups is 1. The molecule has 1 rings (SSSR count). The van der Waals surface area contributed by atoms with Crippen molar-refractivity contribution in [2.75, 3.05) is 0 Å². The summed E-state index contributed by atoms with van der Waals surface area (Å²) < 4.78 is 0. The maximum Gasteiger partial charge on any atom is 0.225 e. The Morgan fingerprint density at radius 1 is 1.40 bits per heavy atom. The van der Waals surface area contributed by atoms with Crippen molar-refractivity contribution in [3.8, 4) is 0 Å². The number of rotatable bonds is 4. The lowest BCUT2D eigenvalue weighted by molar-refractivity contribution is -0.104. The summed E-state index contributed by atoms with van der Waals surface area (Å²) in [5, 5.41) is 0.510. The van der Waals surface area contributed by atoms with E-state index >= 15 is 0 Å². The van der Waals surface area contributed by atoms with Gasteiger partial charge < -0.3 is 0 Å². The van der Waals surface area contributed by atoms with Crippen LogP contribution in [0.15, 0.2) is 23.1 Å². The van der Waals surface area contributed by atoms with Crippen LogP contribution < -0.4 is 0 Å². The zero-order valence-electron chi connectivity index (χ0n) is 9.11. The van der Waals surface area contributed by atoms with Crippen LogP contribution in [0.4, 0.5) is 0 Å². The highest BCUT2D eigenvalue weighted by atomic mass is 32.2. The van der Waals surface area contributed by atoms with Gasteiger partial charge in [0.15, 0.2) is 6.29 Å². The van der Waals surface area contributed by atoms with Gasteiger partial charge in [-0.2, -0.15) is 0 Å². The Hall–Kier alpha value is -1.09. The molecule has 0 N–H and O–H groups in total. The number of ketones is 1. The van der Waals surface area contributed by atoms with E-state index in [1.165, 1.54) is 0 Å². The summed E-state index contributed by atoms with van der Waals surface area (Å²) in [7, 11) is 0. The Kier molecular flexibility index (Phi) is 4.09. The molecule has 0 aliphatic rings. The van der Waals surface area contributed by atoms with E-state index in [2.05, 4.69) is 13.8 Å². The average Bonchev–Trinajstić information content (AvgIpc) is 2.19. The molecule has 0 aromatic heterocycles. The van der Waals surface area contributed by atoms with Crippen molar-refractivity contribution in [2.24, 2.45) is 0 Å². The van der Waals surface area contributed by atoms with Crippen LogP contribution in [0.2, 0.25) is 0 Å². The fraction of sp³-hybridized carbons (Fsp3) is 0.333. The van der Waals surface area contributed by atoms with E-state index in [1.54, 1.807) is 23.9 Å². The van der Waals surface area contributed by atoms with Crippen molar-refractivity contribution in [3.05, 3.63) is 29.3 Å². The van der Waals surface area contributed by atoms with Gasteiger partial charge in [0.1, 0.15) is 0 Å². The maximum absolute atomic E-state index is 11.1. The number of aldehydes is 1. The Balaban J connectivity index is 2.97. The van der Waals surface area contributed by atoms with Gasteiger partial charge in [-0.15, -0.1) is 11.8 Å². The van der Waals surface area contributed by atoms with Crippen molar-refractivity contribution < 1.29 is 9.59 Å². The van der Waals surface area contributed by atoms with E-state index in [0.717, 1.165) is 10.5 Å². The highest BCUT2D eigenvalue weighted by molar-refractivity contribution is 8.00. The lowest BCUT2D eigenvalue weighted by atomic mass is 10.1.